The van der Waals surface area contributed by atoms with Crippen LogP contribution in [0.2, 0.25) is 0 Å². The van der Waals surface area contributed by atoms with Crippen molar-refractivity contribution in [1.82, 2.24) is 15.0 Å². The lowest BCUT2D eigenvalue weighted by Crippen LogP contribution is -2.41. The molecule has 0 unspecified atom stereocenters. The number of carbonyl (C=O) groups excluding carboxylic acids is 1. The third-order valence-corrected chi connectivity index (χ3v) is 5.35. The predicted molar refractivity (Wildman–Crippen MR) is 91.6 cm³/mol. The molecule has 0 saturated heterocycles. The van der Waals surface area contributed by atoms with Crippen LogP contribution < -0.4 is 0 Å². The lowest BCUT2D eigenvalue weighted by Gasteiger charge is -2.28. The van der Waals surface area contributed by atoms with Crippen molar-refractivity contribution in [3.05, 3.63) is 23.4 Å². The number of aliphatic hydroxyl groups is 1. The standard InChI is InChI=1S/C17H23N3O3S/c1-20(12-17(22)9-2-3-10-17)15(21)8-4-7-14-18-16(19-23-14)13-6-5-11-24-13/h5-6,11,22H,2-4,7-10,12H2,1H3. The minimum absolute atomic E-state index is 0.0494. The second-order valence-corrected chi connectivity index (χ2v) is 7.47. The molecule has 0 aliphatic heterocycles. The van der Waals surface area contributed by atoms with Crippen molar-refractivity contribution in [2.45, 2.75) is 50.5 Å². The van der Waals surface area contributed by atoms with Gasteiger partial charge in [0.2, 0.25) is 17.6 Å². The fourth-order valence-corrected chi connectivity index (χ4v) is 3.81. The molecule has 7 heteroatoms. The number of carbonyl (C=O) groups is 1. The first-order valence-corrected chi connectivity index (χ1v) is 9.26. The maximum atomic E-state index is 12.2. The average molecular weight is 349 g/mol. The van der Waals surface area contributed by atoms with Gasteiger partial charge in [-0.15, -0.1) is 11.3 Å². The minimum Gasteiger partial charge on any atom is -0.388 e. The van der Waals surface area contributed by atoms with Gasteiger partial charge in [0.15, 0.2) is 0 Å². The molecule has 0 radical (unpaired) electrons. The predicted octanol–water partition coefficient (Wildman–Crippen LogP) is 2.88. The molecule has 130 valence electrons. The Labute approximate surface area is 145 Å². The Balaban J connectivity index is 1.43. The van der Waals surface area contributed by atoms with E-state index < -0.39 is 5.60 Å². The molecule has 0 atom stereocenters. The molecule has 24 heavy (non-hydrogen) atoms. The molecule has 2 heterocycles. The second-order valence-electron chi connectivity index (χ2n) is 6.52. The molecule has 2 aromatic rings. The van der Waals surface area contributed by atoms with E-state index in [0.717, 1.165) is 30.6 Å². The van der Waals surface area contributed by atoms with Crippen LogP contribution in [-0.4, -0.2) is 45.2 Å². The summed E-state index contributed by atoms with van der Waals surface area (Å²) in [6.45, 7) is 0.426. The summed E-state index contributed by atoms with van der Waals surface area (Å²) in [5.41, 5.74) is -0.688. The molecule has 0 aromatic carbocycles. The molecule has 3 rings (SSSR count). The van der Waals surface area contributed by atoms with E-state index in [4.69, 9.17) is 4.52 Å². The van der Waals surface area contributed by atoms with Crippen LogP contribution in [0.25, 0.3) is 10.7 Å². The van der Waals surface area contributed by atoms with Crippen molar-refractivity contribution in [3.8, 4) is 10.7 Å². The van der Waals surface area contributed by atoms with Gasteiger partial charge in [0.1, 0.15) is 0 Å². The number of hydrogen-bond acceptors (Lipinski definition) is 6. The van der Waals surface area contributed by atoms with Crippen molar-refractivity contribution in [2.24, 2.45) is 0 Å². The molecule has 6 nitrogen and oxygen atoms in total. The number of hydrogen-bond donors (Lipinski definition) is 1. The van der Waals surface area contributed by atoms with Crippen molar-refractivity contribution in [2.75, 3.05) is 13.6 Å². The van der Waals surface area contributed by atoms with Crippen molar-refractivity contribution >= 4 is 17.2 Å². The first kappa shape index (κ1) is 17.1. The zero-order valence-corrected chi connectivity index (χ0v) is 14.7. The highest BCUT2D eigenvalue weighted by Crippen LogP contribution is 2.30. The molecule has 0 bridgehead atoms. The van der Waals surface area contributed by atoms with Gasteiger partial charge in [-0.2, -0.15) is 4.98 Å². The van der Waals surface area contributed by atoms with E-state index in [1.54, 1.807) is 23.3 Å². The smallest absolute Gasteiger partial charge is 0.226 e. The molecule has 1 aliphatic rings. The van der Waals surface area contributed by atoms with Gasteiger partial charge in [-0.05, 0) is 30.7 Å². The fraction of sp³-hybridized carbons (Fsp3) is 0.588. The van der Waals surface area contributed by atoms with Crippen LogP contribution >= 0.6 is 11.3 Å². The van der Waals surface area contributed by atoms with Gasteiger partial charge in [-0.3, -0.25) is 4.79 Å². The molecule has 1 aliphatic carbocycles. The van der Waals surface area contributed by atoms with Crippen LogP contribution in [0.5, 0.6) is 0 Å². The Hall–Kier alpha value is -1.73. The van der Waals surface area contributed by atoms with Crippen LogP contribution in [-0.2, 0) is 11.2 Å². The minimum atomic E-state index is -0.688. The van der Waals surface area contributed by atoms with Crippen LogP contribution in [0.3, 0.4) is 0 Å². The summed E-state index contributed by atoms with van der Waals surface area (Å²) in [5, 5.41) is 16.3. The summed E-state index contributed by atoms with van der Waals surface area (Å²) < 4.78 is 5.24. The molecule has 1 fully saturated rings. The van der Waals surface area contributed by atoms with Crippen molar-refractivity contribution in [3.63, 3.8) is 0 Å². The maximum Gasteiger partial charge on any atom is 0.226 e. The number of aryl methyl sites for hydroxylation is 1. The van der Waals surface area contributed by atoms with Crippen LogP contribution in [0.15, 0.2) is 22.0 Å². The first-order chi connectivity index (χ1) is 11.6. The van der Waals surface area contributed by atoms with Crippen molar-refractivity contribution in [1.29, 1.82) is 0 Å². The zero-order chi connectivity index (χ0) is 17.0. The maximum absolute atomic E-state index is 12.2. The Kier molecular flexibility index (Phi) is 5.30. The number of amides is 1. The summed E-state index contributed by atoms with van der Waals surface area (Å²) in [6, 6.07) is 3.90. The van der Waals surface area contributed by atoms with E-state index in [-0.39, 0.29) is 5.91 Å². The summed E-state index contributed by atoms with van der Waals surface area (Å²) >= 11 is 1.57. The lowest BCUT2D eigenvalue weighted by molar-refractivity contribution is -0.133. The van der Waals surface area contributed by atoms with Gasteiger partial charge < -0.3 is 14.5 Å². The zero-order valence-electron chi connectivity index (χ0n) is 13.9. The highest BCUT2D eigenvalue weighted by molar-refractivity contribution is 7.13. The van der Waals surface area contributed by atoms with Gasteiger partial charge in [0.05, 0.1) is 10.5 Å². The number of thiophene rings is 1. The van der Waals surface area contributed by atoms with Gasteiger partial charge in [0.25, 0.3) is 0 Å². The summed E-state index contributed by atoms with van der Waals surface area (Å²) in [6.07, 6.45) is 5.33. The van der Waals surface area contributed by atoms with Crippen LogP contribution in [0.1, 0.15) is 44.4 Å². The summed E-state index contributed by atoms with van der Waals surface area (Å²) in [4.78, 5) is 19.2. The number of aromatic nitrogens is 2. The van der Waals surface area contributed by atoms with Gasteiger partial charge in [-0.1, -0.05) is 24.1 Å². The molecular formula is C17H23N3O3S. The molecule has 1 amide bonds. The average Bonchev–Trinajstić information content (AvgIpc) is 3.27. The van der Waals surface area contributed by atoms with Gasteiger partial charge in [0, 0.05) is 26.4 Å². The highest BCUT2D eigenvalue weighted by Gasteiger charge is 2.33. The van der Waals surface area contributed by atoms with E-state index in [9.17, 15) is 9.90 Å². The third-order valence-electron chi connectivity index (χ3n) is 4.48. The van der Waals surface area contributed by atoms with E-state index in [0.29, 0.717) is 37.5 Å². The SMILES string of the molecule is CN(CC1(O)CCCC1)C(=O)CCCc1nc(-c2cccs2)no1. The summed E-state index contributed by atoms with van der Waals surface area (Å²) in [7, 11) is 1.76. The quantitative estimate of drug-likeness (QED) is 0.831. The molecule has 0 spiro atoms. The Morgan fingerprint density at radius 1 is 1.46 bits per heavy atom. The molecular weight excluding hydrogens is 326 g/mol. The Bertz CT molecular complexity index is 662. The van der Waals surface area contributed by atoms with E-state index >= 15 is 0 Å². The monoisotopic (exact) mass is 349 g/mol. The van der Waals surface area contributed by atoms with E-state index in [1.807, 2.05) is 17.5 Å². The molecule has 2 aromatic heterocycles. The van der Waals surface area contributed by atoms with Crippen LogP contribution in [0.4, 0.5) is 0 Å². The first-order valence-electron chi connectivity index (χ1n) is 8.39. The Morgan fingerprint density at radius 3 is 2.96 bits per heavy atom. The lowest BCUT2D eigenvalue weighted by atomic mass is 10.0. The number of rotatable bonds is 7. The Morgan fingerprint density at radius 2 is 2.25 bits per heavy atom. The molecule has 1 saturated carbocycles. The van der Waals surface area contributed by atoms with Crippen molar-refractivity contribution < 1.29 is 14.4 Å². The topological polar surface area (TPSA) is 79.5 Å². The number of likely N-dealkylation sites (N-methyl/N-ethyl adjacent to an activating group) is 1. The molecule has 1 N–H and O–H groups in total. The van der Waals surface area contributed by atoms with Gasteiger partial charge in [-0.25, -0.2) is 0 Å². The van der Waals surface area contributed by atoms with E-state index in [1.165, 1.54) is 0 Å². The normalized spacial score (nSPS) is 16.4. The van der Waals surface area contributed by atoms with Gasteiger partial charge >= 0.3 is 0 Å². The highest BCUT2D eigenvalue weighted by atomic mass is 32.1. The summed E-state index contributed by atoms with van der Waals surface area (Å²) in [5.74, 6) is 1.21. The second kappa shape index (κ2) is 7.44. The fourth-order valence-electron chi connectivity index (χ4n) is 3.16. The van der Waals surface area contributed by atoms with Crippen LogP contribution in [0, 0.1) is 0 Å². The van der Waals surface area contributed by atoms with E-state index in [2.05, 4.69) is 10.1 Å². The third kappa shape index (κ3) is 4.21. The number of nitrogens with zero attached hydrogens (tertiary/aromatic N) is 3. The largest absolute Gasteiger partial charge is 0.388 e.